The summed E-state index contributed by atoms with van der Waals surface area (Å²) in [6.07, 6.45) is 2.84. The number of imidazole rings is 1. The summed E-state index contributed by atoms with van der Waals surface area (Å²) in [5.74, 6) is 2.49. The van der Waals surface area contributed by atoms with Gasteiger partial charge in [0.2, 0.25) is 0 Å². The molecule has 7 heteroatoms. The van der Waals surface area contributed by atoms with Gasteiger partial charge in [-0.05, 0) is 30.5 Å². The predicted molar refractivity (Wildman–Crippen MR) is 131 cm³/mol. The minimum Gasteiger partial charge on any atom is -0.486 e. The van der Waals surface area contributed by atoms with E-state index in [0.29, 0.717) is 37.9 Å². The zero-order valence-electron chi connectivity index (χ0n) is 19.2. The molecule has 6 nitrogen and oxygen atoms in total. The van der Waals surface area contributed by atoms with Crippen LogP contribution in [-0.2, 0) is 19.6 Å². The lowest BCUT2D eigenvalue weighted by Gasteiger charge is -2.25. The zero-order valence-corrected chi connectivity index (χ0v) is 19.9. The van der Waals surface area contributed by atoms with Crippen molar-refractivity contribution in [1.82, 2.24) is 14.5 Å². The number of ether oxygens (including phenoxy) is 2. The van der Waals surface area contributed by atoms with E-state index in [9.17, 15) is 5.11 Å². The van der Waals surface area contributed by atoms with E-state index in [-0.39, 0.29) is 6.61 Å². The van der Waals surface area contributed by atoms with Gasteiger partial charge in [0.25, 0.3) is 0 Å². The third-order valence-corrected chi connectivity index (χ3v) is 6.11. The van der Waals surface area contributed by atoms with Crippen LogP contribution in [0.25, 0.3) is 11.4 Å². The number of rotatable bonds is 11. The molecule has 1 aliphatic rings. The third-order valence-electron chi connectivity index (χ3n) is 5.81. The highest BCUT2D eigenvalue weighted by molar-refractivity contribution is 6.30. The molecule has 0 atom stereocenters. The van der Waals surface area contributed by atoms with Crippen molar-refractivity contribution in [3.05, 3.63) is 64.9 Å². The molecule has 33 heavy (non-hydrogen) atoms. The van der Waals surface area contributed by atoms with Crippen LogP contribution in [0.15, 0.2) is 48.5 Å². The van der Waals surface area contributed by atoms with Crippen molar-refractivity contribution >= 4 is 11.6 Å². The van der Waals surface area contributed by atoms with Gasteiger partial charge in [0.15, 0.2) is 16.7 Å². The van der Waals surface area contributed by atoms with Crippen molar-refractivity contribution in [2.45, 2.75) is 45.8 Å². The number of halogens is 1. The molecule has 4 rings (SSSR count). The quantitative estimate of drug-likeness (QED) is 0.420. The van der Waals surface area contributed by atoms with Gasteiger partial charge in [-0.3, -0.25) is 4.90 Å². The normalized spacial score (nSPS) is 13.0. The van der Waals surface area contributed by atoms with Crippen LogP contribution in [0.5, 0.6) is 11.5 Å². The fourth-order valence-electron chi connectivity index (χ4n) is 4.14. The summed E-state index contributed by atoms with van der Waals surface area (Å²) in [7, 11) is 0. The molecule has 0 amide bonds. The fourth-order valence-corrected chi connectivity index (χ4v) is 4.38. The number of aliphatic hydroxyl groups excluding tert-OH is 1. The first-order chi connectivity index (χ1) is 16.2. The molecule has 0 fully saturated rings. The van der Waals surface area contributed by atoms with Gasteiger partial charge in [0, 0.05) is 38.3 Å². The fraction of sp³-hybridized carbons (Fsp3) is 0.423. The Morgan fingerprint density at radius 3 is 2.58 bits per heavy atom. The van der Waals surface area contributed by atoms with E-state index in [2.05, 4.69) is 34.6 Å². The molecule has 0 bridgehead atoms. The van der Waals surface area contributed by atoms with E-state index in [0.717, 1.165) is 60.1 Å². The van der Waals surface area contributed by atoms with Crippen LogP contribution in [0.1, 0.15) is 37.4 Å². The highest BCUT2D eigenvalue weighted by Crippen LogP contribution is 2.32. The summed E-state index contributed by atoms with van der Waals surface area (Å²) < 4.78 is 13.7. The van der Waals surface area contributed by atoms with Gasteiger partial charge in [-0.2, -0.15) is 0 Å². The van der Waals surface area contributed by atoms with E-state index in [4.69, 9.17) is 26.1 Å². The first kappa shape index (κ1) is 23.6. The maximum atomic E-state index is 9.48. The minimum atomic E-state index is 0.149. The van der Waals surface area contributed by atoms with Crippen molar-refractivity contribution < 1.29 is 14.6 Å². The number of fused-ring (bicyclic) bond motifs is 1. The SMILES string of the molecule is CCCCn1c(-c2ccccc2)nc(Cl)c1CN(CCCO)Cc1ccc2c(c1)OCCO2. The van der Waals surface area contributed by atoms with E-state index >= 15 is 0 Å². The largest absolute Gasteiger partial charge is 0.486 e. The highest BCUT2D eigenvalue weighted by Gasteiger charge is 2.20. The molecule has 176 valence electrons. The Bertz CT molecular complexity index is 1040. The Morgan fingerprint density at radius 2 is 1.82 bits per heavy atom. The maximum absolute atomic E-state index is 9.48. The van der Waals surface area contributed by atoms with Crippen LogP contribution in [0.4, 0.5) is 0 Å². The molecule has 1 aliphatic heterocycles. The topological polar surface area (TPSA) is 59.8 Å². The zero-order chi connectivity index (χ0) is 23.0. The van der Waals surface area contributed by atoms with Gasteiger partial charge in [-0.15, -0.1) is 0 Å². The number of hydrogen-bond acceptors (Lipinski definition) is 5. The van der Waals surface area contributed by atoms with Crippen molar-refractivity contribution in [3.8, 4) is 22.9 Å². The first-order valence-electron chi connectivity index (χ1n) is 11.7. The van der Waals surface area contributed by atoms with Gasteiger partial charge in [-0.25, -0.2) is 4.98 Å². The van der Waals surface area contributed by atoms with Crippen molar-refractivity contribution in [2.24, 2.45) is 0 Å². The second kappa shape index (κ2) is 11.5. The van der Waals surface area contributed by atoms with Gasteiger partial charge >= 0.3 is 0 Å². The molecule has 0 radical (unpaired) electrons. The monoisotopic (exact) mass is 469 g/mol. The molecule has 0 spiro atoms. The summed E-state index contributed by atoms with van der Waals surface area (Å²) in [5, 5.41) is 10.0. The summed E-state index contributed by atoms with van der Waals surface area (Å²) in [6, 6.07) is 16.3. The lowest BCUT2D eigenvalue weighted by atomic mass is 10.1. The Labute approximate surface area is 200 Å². The number of aliphatic hydroxyl groups is 1. The van der Waals surface area contributed by atoms with Crippen LogP contribution in [0, 0.1) is 0 Å². The van der Waals surface area contributed by atoms with Crippen molar-refractivity contribution in [1.29, 1.82) is 0 Å². The standard InChI is InChI=1S/C26H32ClN3O3/c1-2-3-13-30-22(25(27)28-26(30)21-8-5-4-6-9-21)19-29(12-7-14-31)18-20-10-11-23-24(17-20)33-16-15-32-23/h4-6,8-11,17,31H,2-3,7,12-16,18-19H2,1H3. The number of benzene rings is 2. The second-order valence-corrected chi connectivity index (χ2v) is 8.67. The predicted octanol–water partition coefficient (Wildman–Crippen LogP) is 5.16. The molecular formula is C26H32ClN3O3. The summed E-state index contributed by atoms with van der Waals surface area (Å²) in [5.41, 5.74) is 3.21. The van der Waals surface area contributed by atoms with E-state index in [1.165, 1.54) is 0 Å². The summed E-state index contributed by atoms with van der Waals surface area (Å²) >= 11 is 6.71. The summed E-state index contributed by atoms with van der Waals surface area (Å²) in [6.45, 7) is 6.47. The second-order valence-electron chi connectivity index (χ2n) is 8.31. The maximum Gasteiger partial charge on any atom is 0.161 e. The molecule has 3 aromatic rings. The lowest BCUT2D eigenvalue weighted by Crippen LogP contribution is -2.26. The number of hydrogen-bond donors (Lipinski definition) is 1. The number of nitrogens with zero attached hydrogens (tertiary/aromatic N) is 3. The number of unbranched alkanes of at least 4 members (excludes halogenated alkanes) is 1. The molecule has 1 N–H and O–H groups in total. The van der Waals surface area contributed by atoms with Crippen molar-refractivity contribution in [3.63, 3.8) is 0 Å². The Hall–Kier alpha value is -2.54. The average Bonchev–Trinajstić information content (AvgIpc) is 3.16. The summed E-state index contributed by atoms with van der Waals surface area (Å²) in [4.78, 5) is 7.05. The molecule has 0 saturated heterocycles. The third kappa shape index (κ3) is 5.88. The first-order valence-corrected chi connectivity index (χ1v) is 12.1. The van der Waals surface area contributed by atoms with Gasteiger partial charge in [0.1, 0.15) is 19.0 Å². The van der Waals surface area contributed by atoms with Gasteiger partial charge in [-0.1, -0.05) is 61.3 Å². The molecule has 0 aliphatic carbocycles. The van der Waals surface area contributed by atoms with Crippen LogP contribution in [0.2, 0.25) is 5.15 Å². The Kier molecular flexibility index (Phi) is 8.26. The molecule has 1 aromatic heterocycles. The smallest absolute Gasteiger partial charge is 0.161 e. The van der Waals surface area contributed by atoms with E-state index in [1.807, 2.05) is 30.3 Å². The van der Waals surface area contributed by atoms with Crippen LogP contribution >= 0.6 is 11.6 Å². The molecular weight excluding hydrogens is 438 g/mol. The van der Waals surface area contributed by atoms with Crippen LogP contribution < -0.4 is 9.47 Å². The Morgan fingerprint density at radius 1 is 1.03 bits per heavy atom. The average molecular weight is 470 g/mol. The molecule has 0 saturated carbocycles. The lowest BCUT2D eigenvalue weighted by molar-refractivity contribution is 0.170. The molecule has 0 unspecified atom stereocenters. The van der Waals surface area contributed by atoms with Gasteiger partial charge in [0.05, 0.1) is 5.69 Å². The van der Waals surface area contributed by atoms with Crippen molar-refractivity contribution in [2.75, 3.05) is 26.4 Å². The highest BCUT2D eigenvalue weighted by atomic mass is 35.5. The molecule has 2 heterocycles. The van der Waals surface area contributed by atoms with Gasteiger partial charge < -0.3 is 19.1 Å². The van der Waals surface area contributed by atoms with E-state index < -0.39 is 0 Å². The molecule has 2 aromatic carbocycles. The minimum absolute atomic E-state index is 0.149. The number of aromatic nitrogens is 2. The van der Waals surface area contributed by atoms with E-state index in [1.54, 1.807) is 0 Å². The Balaban J connectivity index is 1.61. The van der Waals surface area contributed by atoms with Crippen LogP contribution in [0.3, 0.4) is 0 Å². The van der Waals surface area contributed by atoms with Crippen LogP contribution in [-0.4, -0.2) is 45.9 Å².